The maximum absolute atomic E-state index is 13.0. The largest absolute Gasteiger partial charge is 0.496 e. The first kappa shape index (κ1) is 16.2. The molecule has 2 aromatic rings. The quantitative estimate of drug-likeness (QED) is 0.811. The Hall–Kier alpha value is -2.62. The summed E-state index contributed by atoms with van der Waals surface area (Å²) in [5.41, 5.74) is 4.12. The van der Waals surface area contributed by atoms with E-state index in [4.69, 9.17) is 9.47 Å². The number of ether oxygens (including phenoxy) is 2. The number of esters is 1. The van der Waals surface area contributed by atoms with Gasteiger partial charge in [0.1, 0.15) is 5.75 Å². The molecule has 0 heterocycles. The van der Waals surface area contributed by atoms with Gasteiger partial charge in [0.2, 0.25) is 0 Å². The van der Waals surface area contributed by atoms with Crippen LogP contribution in [0.4, 0.5) is 0 Å². The SMILES string of the molecule is CCOC(=O)Cc1cc2c(c(OC)c1)C(=O)c1ccccc1CC2. The number of hydrogen-bond acceptors (Lipinski definition) is 4. The molecular formula is C20H20O4. The molecule has 1 aliphatic rings. The van der Waals surface area contributed by atoms with Gasteiger partial charge in [0.15, 0.2) is 5.78 Å². The molecule has 0 atom stereocenters. The number of ketones is 1. The van der Waals surface area contributed by atoms with Crippen molar-refractivity contribution in [3.63, 3.8) is 0 Å². The van der Waals surface area contributed by atoms with E-state index in [1.165, 1.54) is 0 Å². The van der Waals surface area contributed by atoms with Crippen LogP contribution in [0.1, 0.15) is 39.5 Å². The highest BCUT2D eigenvalue weighted by Crippen LogP contribution is 2.32. The lowest BCUT2D eigenvalue weighted by Crippen LogP contribution is -2.11. The van der Waals surface area contributed by atoms with E-state index in [-0.39, 0.29) is 18.2 Å². The Morgan fingerprint density at radius 1 is 1.12 bits per heavy atom. The minimum absolute atomic E-state index is 0.0161. The molecule has 0 fully saturated rings. The third kappa shape index (κ3) is 3.04. The average molecular weight is 324 g/mol. The average Bonchev–Trinajstić information content (AvgIpc) is 2.72. The van der Waals surface area contributed by atoms with Crippen molar-refractivity contribution in [3.05, 3.63) is 64.2 Å². The minimum atomic E-state index is -0.275. The maximum atomic E-state index is 13.0. The summed E-state index contributed by atoms with van der Waals surface area (Å²) >= 11 is 0. The second-order valence-electron chi connectivity index (χ2n) is 5.80. The number of methoxy groups -OCH3 is 1. The van der Waals surface area contributed by atoms with Crippen LogP contribution in [0.25, 0.3) is 0 Å². The minimum Gasteiger partial charge on any atom is -0.496 e. The predicted molar refractivity (Wildman–Crippen MR) is 90.6 cm³/mol. The van der Waals surface area contributed by atoms with E-state index in [2.05, 4.69) is 0 Å². The lowest BCUT2D eigenvalue weighted by atomic mass is 9.95. The lowest BCUT2D eigenvalue weighted by Gasteiger charge is -2.13. The monoisotopic (exact) mass is 324 g/mol. The number of aryl methyl sites for hydroxylation is 2. The van der Waals surface area contributed by atoms with Gasteiger partial charge in [-0.25, -0.2) is 0 Å². The molecule has 0 aliphatic heterocycles. The molecule has 0 bridgehead atoms. The zero-order chi connectivity index (χ0) is 17.1. The van der Waals surface area contributed by atoms with E-state index in [1.54, 1.807) is 20.1 Å². The number of hydrogen-bond donors (Lipinski definition) is 0. The highest BCUT2D eigenvalue weighted by atomic mass is 16.5. The summed E-state index contributed by atoms with van der Waals surface area (Å²) in [6.45, 7) is 2.14. The first-order chi connectivity index (χ1) is 11.6. The van der Waals surface area contributed by atoms with E-state index in [9.17, 15) is 9.59 Å². The van der Waals surface area contributed by atoms with Crippen LogP contribution >= 0.6 is 0 Å². The third-order valence-electron chi connectivity index (χ3n) is 4.27. The molecular weight excluding hydrogens is 304 g/mol. The van der Waals surface area contributed by atoms with Gasteiger partial charge >= 0.3 is 5.97 Å². The summed E-state index contributed by atoms with van der Waals surface area (Å²) in [6, 6.07) is 11.4. The van der Waals surface area contributed by atoms with Crippen molar-refractivity contribution < 1.29 is 19.1 Å². The molecule has 0 spiro atoms. The number of carbonyl (C=O) groups excluding carboxylic acids is 2. The Balaban J connectivity index is 2.04. The van der Waals surface area contributed by atoms with Crippen molar-refractivity contribution in [2.75, 3.05) is 13.7 Å². The van der Waals surface area contributed by atoms with Crippen molar-refractivity contribution in [1.29, 1.82) is 0 Å². The van der Waals surface area contributed by atoms with Crippen molar-refractivity contribution in [1.82, 2.24) is 0 Å². The molecule has 0 radical (unpaired) electrons. The molecule has 3 rings (SSSR count). The molecule has 0 unspecified atom stereocenters. The van der Waals surface area contributed by atoms with Crippen LogP contribution in [0.15, 0.2) is 36.4 Å². The Morgan fingerprint density at radius 2 is 1.88 bits per heavy atom. The van der Waals surface area contributed by atoms with Crippen molar-refractivity contribution in [3.8, 4) is 5.75 Å². The molecule has 4 heteroatoms. The summed E-state index contributed by atoms with van der Waals surface area (Å²) < 4.78 is 10.5. The highest BCUT2D eigenvalue weighted by Gasteiger charge is 2.25. The first-order valence-electron chi connectivity index (χ1n) is 8.12. The second-order valence-corrected chi connectivity index (χ2v) is 5.80. The van der Waals surface area contributed by atoms with Crippen molar-refractivity contribution >= 4 is 11.8 Å². The Morgan fingerprint density at radius 3 is 2.62 bits per heavy atom. The van der Waals surface area contributed by atoms with E-state index >= 15 is 0 Å². The molecule has 0 saturated carbocycles. The Labute approximate surface area is 141 Å². The number of carbonyl (C=O) groups is 2. The second kappa shape index (κ2) is 6.87. The van der Waals surface area contributed by atoms with Crippen LogP contribution in [-0.2, 0) is 28.8 Å². The summed E-state index contributed by atoms with van der Waals surface area (Å²) in [5, 5.41) is 0. The van der Waals surface area contributed by atoms with Crippen LogP contribution in [-0.4, -0.2) is 25.5 Å². The van der Waals surface area contributed by atoms with Crippen LogP contribution in [0.5, 0.6) is 5.75 Å². The van der Waals surface area contributed by atoms with Gasteiger partial charge in [-0.2, -0.15) is 0 Å². The molecule has 0 saturated heterocycles. The van der Waals surface area contributed by atoms with Gasteiger partial charge < -0.3 is 9.47 Å². The van der Waals surface area contributed by atoms with E-state index in [1.807, 2.05) is 30.3 Å². The fraction of sp³-hybridized carbons (Fsp3) is 0.300. The highest BCUT2D eigenvalue weighted by molar-refractivity contribution is 6.13. The number of benzene rings is 2. The number of fused-ring (bicyclic) bond motifs is 2. The maximum Gasteiger partial charge on any atom is 0.310 e. The van der Waals surface area contributed by atoms with Crippen LogP contribution in [0.3, 0.4) is 0 Å². The Kier molecular flexibility index (Phi) is 4.65. The fourth-order valence-corrected chi connectivity index (χ4v) is 3.20. The smallest absolute Gasteiger partial charge is 0.310 e. The predicted octanol–water partition coefficient (Wildman–Crippen LogP) is 3.13. The van der Waals surface area contributed by atoms with Crippen molar-refractivity contribution in [2.24, 2.45) is 0 Å². The summed E-state index contributed by atoms with van der Waals surface area (Å²) in [4.78, 5) is 24.7. The van der Waals surface area contributed by atoms with E-state index < -0.39 is 0 Å². The normalized spacial score (nSPS) is 12.8. The van der Waals surface area contributed by atoms with Gasteiger partial charge in [-0.05, 0) is 42.5 Å². The summed E-state index contributed by atoms with van der Waals surface area (Å²) in [7, 11) is 1.55. The van der Waals surface area contributed by atoms with Crippen molar-refractivity contribution in [2.45, 2.75) is 26.2 Å². The molecule has 124 valence electrons. The van der Waals surface area contributed by atoms with Gasteiger partial charge in [-0.1, -0.05) is 30.3 Å². The molecule has 2 aromatic carbocycles. The first-order valence-corrected chi connectivity index (χ1v) is 8.12. The van der Waals surface area contributed by atoms with Gasteiger partial charge in [0.25, 0.3) is 0 Å². The van der Waals surface area contributed by atoms with Crippen LogP contribution in [0, 0.1) is 0 Å². The van der Waals surface area contributed by atoms with Gasteiger partial charge in [0.05, 0.1) is 25.7 Å². The molecule has 1 aliphatic carbocycles. The molecule has 24 heavy (non-hydrogen) atoms. The molecule has 0 N–H and O–H groups in total. The van der Waals surface area contributed by atoms with Gasteiger partial charge in [-0.15, -0.1) is 0 Å². The zero-order valence-electron chi connectivity index (χ0n) is 13.9. The van der Waals surface area contributed by atoms with Crippen LogP contribution < -0.4 is 4.74 Å². The summed E-state index contributed by atoms with van der Waals surface area (Å²) in [6.07, 6.45) is 1.71. The molecule has 4 nitrogen and oxygen atoms in total. The lowest BCUT2D eigenvalue weighted by molar-refractivity contribution is -0.142. The number of rotatable bonds is 4. The topological polar surface area (TPSA) is 52.6 Å². The fourth-order valence-electron chi connectivity index (χ4n) is 3.20. The molecule has 0 aromatic heterocycles. The van der Waals surface area contributed by atoms with E-state index in [0.29, 0.717) is 17.9 Å². The standard InChI is InChI=1S/C20H20O4/c1-3-24-18(21)12-13-10-15-9-8-14-6-4-5-7-16(14)20(22)19(15)17(11-13)23-2/h4-7,10-11H,3,8-9,12H2,1-2H3. The van der Waals surface area contributed by atoms with Gasteiger partial charge in [-0.3, -0.25) is 9.59 Å². The Bertz CT molecular complexity index is 792. The van der Waals surface area contributed by atoms with Crippen LogP contribution in [0.2, 0.25) is 0 Å². The van der Waals surface area contributed by atoms with Gasteiger partial charge in [0, 0.05) is 5.56 Å². The third-order valence-corrected chi connectivity index (χ3v) is 4.27. The summed E-state index contributed by atoms with van der Waals surface area (Å²) in [5.74, 6) is 0.230. The molecule has 0 amide bonds. The van der Waals surface area contributed by atoms with E-state index in [0.717, 1.165) is 35.1 Å². The zero-order valence-corrected chi connectivity index (χ0v) is 13.9.